The molecule has 0 bridgehead atoms. The highest BCUT2D eigenvalue weighted by Crippen LogP contribution is 2.28. The summed E-state index contributed by atoms with van der Waals surface area (Å²) in [6.07, 6.45) is 1.79. The Morgan fingerprint density at radius 3 is 2.64 bits per heavy atom. The Morgan fingerprint density at radius 1 is 1.29 bits per heavy atom. The lowest BCUT2D eigenvalue weighted by atomic mass is 9.91. The highest BCUT2D eigenvalue weighted by atomic mass is 15.6. The van der Waals surface area contributed by atoms with Gasteiger partial charge in [0.1, 0.15) is 0 Å². The molecule has 82 valence electrons. The van der Waals surface area contributed by atoms with Gasteiger partial charge in [-0.05, 0) is 26.2 Å². The molecule has 0 aromatic heterocycles. The number of nitrogens with zero attached hydrogens (tertiary/aromatic N) is 1. The van der Waals surface area contributed by atoms with E-state index in [-0.39, 0.29) is 0 Å². The molecule has 2 saturated heterocycles. The van der Waals surface area contributed by atoms with Crippen LogP contribution >= 0.6 is 0 Å². The molecule has 3 heteroatoms. The predicted octanol–water partition coefficient (Wildman–Crippen LogP) is 1.18. The fraction of sp³-hybridized carbons (Fsp3) is 1.00. The second kappa shape index (κ2) is 3.80. The first-order chi connectivity index (χ1) is 6.59. The largest absolute Gasteiger partial charge is 0.298 e. The van der Waals surface area contributed by atoms with Crippen molar-refractivity contribution in [2.45, 2.75) is 52.4 Å². The minimum atomic E-state index is 0.550. The van der Waals surface area contributed by atoms with Crippen molar-refractivity contribution in [3.05, 3.63) is 0 Å². The lowest BCUT2D eigenvalue weighted by Crippen LogP contribution is -2.60. The number of hydrazine groups is 1. The number of fused-ring (bicyclic) bond motifs is 1. The molecule has 14 heavy (non-hydrogen) atoms. The van der Waals surface area contributed by atoms with Crippen LogP contribution in [0.3, 0.4) is 0 Å². The van der Waals surface area contributed by atoms with Gasteiger partial charge in [-0.2, -0.15) is 0 Å². The standard InChI is InChI=1S/C11H23N3/c1-7(2)10-6-12-14-9(4)5-8(3)13-11(10)14/h7-13H,5-6H2,1-4H3. The Morgan fingerprint density at radius 2 is 2.00 bits per heavy atom. The first-order valence-electron chi connectivity index (χ1n) is 5.87. The molecule has 0 radical (unpaired) electrons. The lowest BCUT2D eigenvalue weighted by molar-refractivity contribution is 0.0352. The molecule has 0 aromatic rings. The Hall–Kier alpha value is -0.120. The van der Waals surface area contributed by atoms with E-state index in [9.17, 15) is 0 Å². The molecule has 0 spiro atoms. The van der Waals surface area contributed by atoms with Crippen LogP contribution in [0.4, 0.5) is 0 Å². The van der Waals surface area contributed by atoms with Gasteiger partial charge in [-0.25, -0.2) is 5.01 Å². The molecule has 4 atom stereocenters. The van der Waals surface area contributed by atoms with Crippen molar-refractivity contribution in [1.29, 1.82) is 0 Å². The first-order valence-corrected chi connectivity index (χ1v) is 5.87. The molecule has 0 saturated carbocycles. The van der Waals surface area contributed by atoms with Crippen LogP contribution in [-0.2, 0) is 0 Å². The Bertz CT molecular complexity index is 199. The SMILES string of the molecule is CC1CC(C)N2NCC(C(C)C)C2N1. The number of nitrogens with one attached hydrogen (secondary N) is 2. The molecule has 2 N–H and O–H groups in total. The first kappa shape index (κ1) is 10.4. The van der Waals surface area contributed by atoms with Crippen molar-refractivity contribution >= 4 is 0 Å². The summed E-state index contributed by atoms with van der Waals surface area (Å²) in [6, 6.07) is 1.33. The molecule has 0 aromatic carbocycles. The van der Waals surface area contributed by atoms with Gasteiger partial charge in [0.05, 0.1) is 6.17 Å². The zero-order chi connectivity index (χ0) is 10.3. The molecule has 2 aliphatic heterocycles. The minimum Gasteiger partial charge on any atom is -0.298 e. The number of rotatable bonds is 1. The van der Waals surface area contributed by atoms with Gasteiger partial charge in [0, 0.05) is 24.5 Å². The highest BCUT2D eigenvalue weighted by molar-refractivity contribution is 4.93. The van der Waals surface area contributed by atoms with E-state index in [4.69, 9.17) is 0 Å². The topological polar surface area (TPSA) is 27.3 Å². The maximum Gasteiger partial charge on any atom is 0.0781 e. The maximum atomic E-state index is 3.70. The average Bonchev–Trinajstić information content (AvgIpc) is 2.47. The van der Waals surface area contributed by atoms with Gasteiger partial charge in [0.15, 0.2) is 0 Å². The van der Waals surface area contributed by atoms with E-state index in [0.717, 1.165) is 18.4 Å². The Labute approximate surface area is 87.2 Å². The molecule has 2 rings (SSSR count). The summed E-state index contributed by atoms with van der Waals surface area (Å²) in [5.41, 5.74) is 3.53. The molecule has 0 amide bonds. The average molecular weight is 197 g/mol. The highest BCUT2D eigenvalue weighted by Gasteiger charge is 2.41. The van der Waals surface area contributed by atoms with Crippen LogP contribution in [0, 0.1) is 11.8 Å². The molecule has 0 aliphatic carbocycles. The fourth-order valence-electron chi connectivity index (χ4n) is 2.85. The zero-order valence-corrected chi connectivity index (χ0v) is 9.75. The third-order valence-electron chi connectivity index (χ3n) is 3.70. The van der Waals surface area contributed by atoms with E-state index in [1.54, 1.807) is 0 Å². The van der Waals surface area contributed by atoms with E-state index in [1.807, 2.05) is 0 Å². The molecular weight excluding hydrogens is 174 g/mol. The van der Waals surface area contributed by atoms with Crippen molar-refractivity contribution in [3.63, 3.8) is 0 Å². The monoisotopic (exact) mass is 197 g/mol. The molecule has 4 unspecified atom stereocenters. The van der Waals surface area contributed by atoms with Crippen molar-refractivity contribution in [2.75, 3.05) is 6.54 Å². The molecular formula is C11H23N3. The van der Waals surface area contributed by atoms with Gasteiger partial charge >= 0.3 is 0 Å². The normalized spacial score (nSPS) is 44.4. The minimum absolute atomic E-state index is 0.550. The molecule has 2 heterocycles. The Kier molecular flexibility index (Phi) is 2.82. The maximum absolute atomic E-state index is 3.70. The van der Waals surface area contributed by atoms with Crippen LogP contribution in [0.25, 0.3) is 0 Å². The summed E-state index contributed by atoms with van der Waals surface area (Å²) in [6.45, 7) is 10.4. The van der Waals surface area contributed by atoms with Crippen molar-refractivity contribution in [2.24, 2.45) is 11.8 Å². The van der Waals surface area contributed by atoms with Gasteiger partial charge in [-0.3, -0.25) is 10.7 Å². The van der Waals surface area contributed by atoms with Crippen molar-refractivity contribution in [1.82, 2.24) is 15.8 Å². The quantitative estimate of drug-likeness (QED) is 0.661. The summed E-state index contributed by atoms with van der Waals surface area (Å²) in [7, 11) is 0. The van der Waals surface area contributed by atoms with Gasteiger partial charge in [0.25, 0.3) is 0 Å². The summed E-state index contributed by atoms with van der Waals surface area (Å²) < 4.78 is 0. The van der Waals surface area contributed by atoms with Gasteiger partial charge < -0.3 is 0 Å². The van der Waals surface area contributed by atoms with Crippen LogP contribution in [0.2, 0.25) is 0 Å². The summed E-state index contributed by atoms with van der Waals surface area (Å²) in [5.74, 6) is 1.50. The number of hydrogen-bond donors (Lipinski definition) is 2. The summed E-state index contributed by atoms with van der Waals surface area (Å²) in [4.78, 5) is 0. The zero-order valence-electron chi connectivity index (χ0n) is 9.75. The van der Waals surface area contributed by atoms with E-state index in [0.29, 0.717) is 18.2 Å². The second-order valence-corrected chi connectivity index (χ2v) is 5.27. The van der Waals surface area contributed by atoms with E-state index in [1.165, 1.54) is 6.42 Å². The van der Waals surface area contributed by atoms with E-state index >= 15 is 0 Å². The van der Waals surface area contributed by atoms with Gasteiger partial charge in [-0.1, -0.05) is 13.8 Å². The van der Waals surface area contributed by atoms with Gasteiger partial charge in [-0.15, -0.1) is 0 Å². The molecule has 2 aliphatic rings. The molecule has 3 nitrogen and oxygen atoms in total. The van der Waals surface area contributed by atoms with Crippen LogP contribution in [-0.4, -0.2) is 29.8 Å². The third kappa shape index (κ3) is 1.69. The van der Waals surface area contributed by atoms with E-state index < -0.39 is 0 Å². The lowest BCUT2D eigenvalue weighted by Gasteiger charge is -2.41. The summed E-state index contributed by atoms with van der Waals surface area (Å²) in [5, 5.41) is 6.12. The van der Waals surface area contributed by atoms with Crippen LogP contribution in [0.1, 0.15) is 34.1 Å². The smallest absolute Gasteiger partial charge is 0.0781 e. The fourth-order valence-corrected chi connectivity index (χ4v) is 2.85. The number of hydrogen-bond acceptors (Lipinski definition) is 3. The Balaban J connectivity index is 2.09. The third-order valence-corrected chi connectivity index (χ3v) is 3.70. The predicted molar refractivity (Wildman–Crippen MR) is 58.6 cm³/mol. The van der Waals surface area contributed by atoms with Crippen LogP contribution in [0.15, 0.2) is 0 Å². The summed E-state index contributed by atoms with van der Waals surface area (Å²) >= 11 is 0. The van der Waals surface area contributed by atoms with Crippen molar-refractivity contribution in [3.8, 4) is 0 Å². The van der Waals surface area contributed by atoms with Gasteiger partial charge in [0.2, 0.25) is 0 Å². The van der Waals surface area contributed by atoms with Crippen molar-refractivity contribution < 1.29 is 0 Å². The van der Waals surface area contributed by atoms with Crippen LogP contribution < -0.4 is 10.7 Å². The van der Waals surface area contributed by atoms with E-state index in [2.05, 4.69) is 43.4 Å². The second-order valence-electron chi connectivity index (χ2n) is 5.27. The molecule has 2 fully saturated rings. The van der Waals surface area contributed by atoms with Crippen LogP contribution in [0.5, 0.6) is 0 Å².